The zero-order valence-corrected chi connectivity index (χ0v) is 10.2. The maximum absolute atomic E-state index is 5.72. The van der Waals surface area contributed by atoms with Crippen LogP contribution in [0.4, 0.5) is 5.69 Å². The van der Waals surface area contributed by atoms with Gasteiger partial charge in [0.05, 0.1) is 0 Å². The number of allylic oxidation sites excluding steroid dienone is 4. The minimum absolute atomic E-state index is 0.504. The fraction of sp³-hybridized carbons (Fsp3) is 0.333. The van der Waals surface area contributed by atoms with Gasteiger partial charge in [0.25, 0.3) is 0 Å². The quantitative estimate of drug-likeness (QED) is 0.703. The third kappa shape index (κ3) is 2.04. The van der Waals surface area contributed by atoms with Crippen LogP contribution in [0.3, 0.4) is 0 Å². The van der Waals surface area contributed by atoms with Gasteiger partial charge in [-0.1, -0.05) is 42.4 Å². The van der Waals surface area contributed by atoms with Crippen molar-refractivity contribution in [3.05, 3.63) is 53.1 Å². The summed E-state index contributed by atoms with van der Waals surface area (Å²) in [5.74, 6) is 1.07. The molecule has 1 aliphatic rings. The van der Waals surface area contributed by atoms with Crippen molar-refractivity contribution >= 4 is 5.69 Å². The second-order valence-electron chi connectivity index (χ2n) is 4.80. The molecule has 2 N–H and O–H groups in total. The highest BCUT2D eigenvalue weighted by molar-refractivity contribution is 5.44. The van der Waals surface area contributed by atoms with Crippen molar-refractivity contribution in [3.63, 3.8) is 0 Å². The first-order chi connectivity index (χ1) is 7.58. The lowest BCUT2D eigenvalue weighted by molar-refractivity contribution is 0.601. The van der Waals surface area contributed by atoms with Gasteiger partial charge >= 0.3 is 0 Å². The summed E-state index contributed by atoms with van der Waals surface area (Å²) < 4.78 is 0. The molecule has 0 amide bonds. The molecule has 0 bridgehead atoms. The molecule has 0 spiro atoms. The normalized spacial score (nSPS) is 24.9. The summed E-state index contributed by atoms with van der Waals surface area (Å²) >= 11 is 0. The van der Waals surface area contributed by atoms with Crippen LogP contribution in [0.25, 0.3) is 0 Å². The molecule has 2 atom stereocenters. The molecule has 1 nitrogen and oxygen atoms in total. The van der Waals surface area contributed by atoms with Crippen LogP contribution in [-0.4, -0.2) is 0 Å². The summed E-state index contributed by atoms with van der Waals surface area (Å²) in [7, 11) is 0. The van der Waals surface area contributed by atoms with Crippen LogP contribution in [0.15, 0.2) is 47.6 Å². The highest BCUT2D eigenvalue weighted by Gasteiger charge is 2.22. The van der Waals surface area contributed by atoms with Gasteiger partial charge in [-0.05, 0) is 37.5 Å². The predicted octanol–water partition coefficient (Wildman–Crippen LogP) is 3.89. The van der Waals surface area contributed by atoms with Gasteiger partial charge < -0.3 is 5.73 Å². The fourth-order valence-electron chi connectivity index (χ4n) is 2.69. The number of benzene rings is 1. The Kier molecular flexibility index (Phi) is 2.86. The van der Waals surface area contributed by atoms with E-state index in [1.807, 2.05) is 12.1 Å². The highest BCUT2D eigenvalue weighted by atomic mass is 14.5. The van der Waals surface area contributed by atoms with Crippen LogP contribution in [0.2, 0.25) is 0 Å². The molecule has 84 valence electrons. The maximum atomic E-state index is 5.72. The average Bonchev–Trinajstić information content (AvgIpc) is 2.19. The molecule has 0 aliphatic heterocycles. The highest BCUT2D eigenvalue weighted by Crippen LogP contribution is 2.37. The van der Waals surface area contributed by atoms with Gasteiger partial charge in [0.2, 0.25) is 0 Å². The number of hydrogen-bond donors (Lipinski definition) is 1. The summed E-state index contributed by atoms with van der Waals surface area (Å²) in [6, 6.07) is 8.26. The Morgan fingerprint density at radius 1 is 1.06 bits per heavy atom. The van der Waals surface area contributed by atoms with Crippen LogP contribution in [0, 0.1) is 5.92 Å². The van der Waals surface area contributed by atoms with E-state index in [4.69, 9.17) is 5.73 Å². The van der Waals surface area contributed by atoms with E-state index in [0.29, 0.717) is 11.8 Å². The van der Waals surface area contributed by atoms with Crippen LogP contribution < -0.4 is 5.73 Å². The van der Waals surface area contributed by atoms with Crippen molar-refractivity contribution in [2.45, 2.75) is 26.7 Å². The first-order valence-electron chi connectivity index (χ1n) is 5.80. The summed E-state index contributed by atoms with van der Waals surface area (Å²) in [4.78, 5) is 0. The van der Waals surface area contributed by atoms with Crippen molar-refractivity contribution in [1.29, 1.82) is 0 Å². The minimum atomic E-state index is 0.504. The maximum Gasteiger partial charge on any atom is 0.0314 e. The summed E-state index contributed by atoms with van der Waals surface area (Å²) in [6.07, 6.45) is 4.62. The molecular weight excluding hydrogens is 194 g/mol. The van der Waals surface area contributed by atoms with E-state index in [2.05, 4.69) is 45.1 Å². The van der Waals surface area contributed by atoms with Crippen molar-refractivity contribution < 1.29 is 0 Å². The molecule has 0 radical (unpaired) electrons. The van der Waals surface area contributed by atoms with Crippen LogP contribution in [-0.2, 0) is 0 Å². The lowest BCUT2D eigenvalue weighted by Crippen LogP contribution is -2.13. The molecule has 0 saturated carbocycles. The number of rotatable bonds is 1. The molecule has 1 aromatic carbocycles. The fourth-order valence-corrected chi connectivity index (χ4v) is 2.69. The van der Waals surface area contributed by atoms with Gasteiger partial charge in [-0.3, -0.25) is 0 Å². The molecule has 0 heterocycles. The van der Waals surface area contributed by atoms with Gasteiger partial charge in [0.1, 0.15) is 0 Å². The molecule has 1 aromatic rings. The zero-order chi connectivity index (χ0) is 11.7. The standard InChI is InChI=1S/C15H19N/c1-10-8-11(2)15(12(3)9-10)13-4-6-14(16)7-5-13/h4-9,11,15H,16H2,1-3H3. The number of hydrogen-bond acceptors (Lipinski definition) is 1. The Hall–Kier alpha value is -1.50. The van der Waals surface area contributed by atoms with Gasteiger partial charge in [0.15, 0.2) is 0 Å². The first kappa shape index (κ1) is 11.0. The number of nitrogens with two attached hydrogens (primary N) is 1. The van der Waals surface area contributed by atoms with Crippen LogP contribution in [0.5, 0.6) is 0 Å². The zero-order valence-electron chi connectivity index (χ0n) is 10.2. The molecule has 2 unspecified atom stereocenters. The van der Waals surface area contributed by atoms with Gasteiger partial charge in [-0.2, -0.15) is 0 Å². The van der Waals surface area contributed by atoms with E-state index in [9.17, 15) is 0 Å². The summed E-state index contributed by atoms with van der Waals surface area (Å²) in [5, 5.41) is 0. The molecular formula is C15H19N. The smallest absolute Gasteiger partial charge is 0.0314 e. The van der Waals surface area contributed by atoms with E-state index in [1.165, 1.54) is 16.7 Å². The minimum Gasteiger partial charge on any atom is -0.399 e. The Morgan fingerprint density at radius 3 is 2.25 bits per heavy atom. The number of anilines is 1. The van der Waals surface area contributed by atoms with E-state index in [0.717, 1.165) is 5.69 Å². The van der Waals surface area contributed by atoms with Crippen molar-refractivity contribution in [2.75, 3.05) is 5.73 Å². The Morgan fingerprint density at radius 2 is 1.69 bits per heavy atom. The van der Waals surface area contributed by atoms with E-state index < -0.39 is 0 Å². The van der Waals surface area contributed by atoms with Crippen molar-refractivity contribution in [1.82, 2.24) is 0 Å². The largest absolute Gasteiger partial charge is 0.399 e. The molecule has 16 heavy (non-hydrogen) atoms. The molecule has 2 rings (SSSR count). The third-order valence-corrected chi connectivity index (χ3v) is 3.29. The Labute approximate surface area is 97.7 Å². The van der Waals surface area contributed by atoms with E-state index >= 15 is 0 Å². The second-order valence-corrected chi connectivity index (χ2v) is 4.80. The second kappa shape index (κ2) is 4.17. The lowest BCUT2D eigenvalue weighted by atomic mass is 9.77. The lowest BCUT2D eigenvalue weighted by Gasteiger charge is -2.27. The third-order valence-electron chi connectivity index (χ3n) is 3.29. The summed E-state index contributed by atoms with van der Waals surface area (Å²) in [5.41, 5.74) is 10.7. The average molecular weight is 213 g/mol. The van der Waals surface area contributed by atoms with E-state index in [1.54, 1.807) is 0 Å². The van der Waals surface area contributed by atoms with Crippen molar-refractivity contribution in [3.8, 4) is 0 Å². The first-order valence-corrected chi connectivity index (χ1v) is 5.80. The summed E-state index contributed by atoms with van der Waals surface area (Å²) in [6.45, 7) is 6.66. The topological polar surface area (TPSA) is 26.0 Å². The Balaban J connectivity index is 2.35. The van der Waals surface area contributed by atoms with Crippen molar-refractivity contribution in [2.24, 2.45) is 5.92 Å². The van der Waals surface area contributed by atoms with Gasteiger partial charge in [-0.15, -0.1) is 0 Å². The van der Waals surface area contributed by atoms with Gasteiger partial charge in [-0.25, -0.2) is 0 Å². The van der Waals surface area contributed by atoms with Crippen LogP contribution in [0.1, 0.15) is 32.3 Å². The number of nitrogen functional groups attached to an aromatic ring is 1. The SMILES string of the molecule is CC1=CC(C)C(c2ccc(N)cc2)C(C)=C1. The molecule has 0 saturated heterocycles. The Bertz CT molecular complexity index is 437. The molecule has 0 aromatic heterocycles. The predicted molar refractivity (Wildman–Crippen MR) is 70.3 cm³/mol. The molecule has 1 aliphatic carbocycles. The van der Waals surface area contributed by atoms with Gasteiger partial charge in [0, 0.05) is 11.6 Å². The van der Waals surface area contributed by atoms with Crippen LogP contribution >= 0.6 is 0 Å². The molecule has 1 heteroatoms. The van der Waals surface area contributed by atoms with E-state index in [-0.39, 0.29) is 0 Å². The monoisotopic (exact) mass is 213 g/mol. The molecule has 0 fully saturated rings.